The van der Waals surface area contributed by atoms with E-state index in [4.69, 9.17) is 0 Å². The number of allylic oxidation sites excluding steroid dienone is 2. The van der Waals surface area contributed by atoms with E-state index in [1.165, 1.54) is 44.4 Å². The first-order chi connectivity index (χ1) is 21.4. The lowest BCUT2D eigenvalue weighted by Crippen LogP contribution is -2.21. The van der Waals surface area contributed by atoms with Gasteiger partial charge in [0.15, 0.2) is 0 Å². The van der Waals surface area contributed by atoms with E-state index in [-0.39, 0.29) is 11.0 Å². The summed E-state index contributed by atoms with van der Waals surface area (Å²) in [7, 11) is 0. The lowest BCUT2D eigenvalue weighted by molar-refractivity contribution is 0.687. The number of hydrogen-bond donors (Lipinski definition) is 0. The maximum absolute atomic E-state index is 13.9. The molecule has 1 unspecified atom stereocenters. The van der Waals surface area contributed by atoms with Crippen LogP contribution in [-0.4, -0.2) is 8.97 Å². The minimum Gasteiger partial charge on any atom is -0.309 e. The van der Waals surface area contributed by atoms with Gasteiger partial charge in [0.2, 0.25) is 0 Å². The minimum absolute atomic E-state index is 0.0462. The third-order valence-corrected chi connectivity index (χ3v) is 10.7. The summed E-state index contributed by atoms with van der Waals surface area (Å²) in [5.41, 5.74) is 12.8. The average molecular weight is 567 g/mol. The van der Waals surface area contributed by atoms with Crippen LogP contribution in [0.2, 0.25) is 0 Å². The zero-order valence-electron chi connectivity index (χ0n) is 25.0. The van der Waals surface area contributed by atoms with Gasteiger partial charge in [0.25, 0.3) is 5.56 Å². The molecule has 0 saturated heterocycles. The van der Waals surface area contributed by atoms with Crippen molar-refractivity contribution in [2.45, 2.75) is 38.5 Å². The van der Waals surface area contributed by atoms with Gasteiger partial charge in [-0.1, -0.05) is 99.6 Å². The number of hydrogen-bond acceptors (Lipinski definition) is 1. The fraction of sp³-hybridized carbons (Fsp3) is 0.146. The number of nitrogens with zero attached hydrogens (tertiary/aromatic N) is 2. The van der Waals surface area contributed by atoms with Crippen molar-refractivity contribution in [2.24, 2.45) is 0 Å². The summed E-state index contributed by atoms with van der Waals surface area (Å²) in [5.74, 6) is 0.388. The number of fused-ring (bicyclic) bond motifs is 11. The van der Waals surface area contributed by atoms with Crippen LogP contribution in [0.1, 0.15) is 55.5 Å². The molecule has 0 radical (unpaired) electrons. The molecular formula is C41H30N2O. The second-order valence-electron chi connectivity index (χ2n) is 13.3. The van der Waals surface area contributed by atoms with Crippen molar-refractivity contribution in [1.29, 1.82) is 0 Å². The summed E-state index contributed by atoms with van der Waals surface area (Å²) >= 11 is 0. The summed E-state index contributed by atoms with van der Waals surface area (Å²) in [6.45, 7) is 7.20. The summed E-state index contributed by atoms with van der Waals surface area (Å²) in [6, 6.07) is 39.1. The van der Waals surface area contributed by atoms with Crippen molar-refractivity contribution >= 4 is 60.0 Å². The molecule has 0 spiro atoms. The Labute approximate surface area is 254 Å². The zero-order chi connectivity index (χ0) is 29.5. The number of pyridine rings is 1. The van der Waals surface area contributed by atoms with Crippen LogP contribution in [0.15, 0.2) is 114 Å². The van der Waals surface area contributed by atoms with Crippen LogP contribution >= 0.6 is 0 Å². The topological polar surface area (TPSA) is 26.4 Å². The second-order valence-corrected chi connectivity index (χ2v) is 13.3. The zero-order valence-corrected chi connectivity index (χ0v) is 25.0. The van der Waals surface area contributed by atoms with Crippen LogP contribution in [0.4, 0.5) is 0 Å². The molecule has 0 fully saturated rings. The van der Waals surface area contributed by atoms with E-state index in [1.807, 2.05) is 28.7 Å². The fourth-order valence-electron chi connectivity index (χ4n) is 8.93. The molecule has 1 atom stereocenters. The van der Waals surface area contributed by atoms with Gasteiger partial charge in [-0.05, 0) is 75.9 Å². The van der Waals surface area contributed by atoms with Crippen molar-refractivity contribution in [3.05, 3.63) is 142 Å². The predicted octanol–water partition coefficient (Wildman–Crippen LogP) is 9.85. The van der Waals surface area contributed by atoms with Crippen molar-refractivity contribution in [3.8, 4) is 5.69 Å². The number of benzene rings is 5. The van der Waals surface area contributed by atoms with Crippen molar-refractivity contribution < 1.29 is 0 Å². The second kappa shape index (κ2) is 8.06. The quantitative estimate of drug-likeness (QED) is 0.182. The van der Waals surface area contributed by atoms with Gasteiger partial charge in [0.1, 0.15) is 0 Å². The van der Waals surface area contributed by atoms with E-state index < -0.39 is 0 Å². The van der Waals surface area contributed by atoms with Gasteiger partial charge in [-0.3, -0.25) is 9.20 Å². The average Bonchev–Trinajstić information content (AvgIpc) is 3.64. The van der Waals surface area contributed by atoms with E-state index in [0.29, 0.717) is 5.92 Å². The SMILES string of the molecule is CC1CC2=C(c3c1c1ccccc1n3-c1cc3c4ccccc4c(=O)n4c5ccccc5c(c1)c34)C(C)(C)c1ccccc12. The maximum Gasteiger partial charge on any atom is 0.263 e. The molecule has 3 heteroatoms. The molecule has 3 heterocycles. The summed E-state index contributed by atoms with van der Waals surface area (Å²) in [5, 5.41) is 6.44. The van der Waals surface area contributed by atoms with Crippen molar-refractivity contribution in [3.63, 3.8) is 0 Å². The van der Waals surface area contributed by atoms with Crippen LogP contribution < -0.4 is 5.56 Å². The number of rotatable bonds is 1. The molecule has 0 aliphatic heterocycles. The molecule has 0 bridgehead atoms. The highest BCUT2D eigenvalue weighted by atomic mass is 16.1. The van der Waals surface area contributed by atoms with E-state index in [2.05, 4.69) is 110 Å². The van der Waals surface area contributed by atoms with Gasteiger partial charge in [0, 0.05) is 38.0 Å². The molecule has 2 aliphatic rings. The Hall–Kier alpha value is -5.15. The van der Waals surface area contributed by atoms with E-state index in [1.54, 1.807) is 0 Å². The largest absolute Gasteiger partial charge is 0.309 e. The Kier molecular flexibility index (Phi) is 4.45. The molecule has 3 nitrogen and oxygen atoms in total. The predicted molar refractivity (Wildman–Crippen MR) is 184 cm³/mol. The highest BCUT2D eigenvalue weighted by Crippen LogP contribution is 2.59. The Morgan fingerprint density at radius 1 is 0.682 bits per heavy atom. The van der Waals surface area contributed by atoms with Gasteiger partial charge < -0.3 is 4.57 Å². The smallest absolute Gasteiger partial charge is 0.263 e. The maximum atomic E-state index is 13.9. The fourth-order valence-corrected chi connectivity index (χ4v) is 8.93. The van der Waals surface area contributed by atoms with Crippen LogP contribution in [0.3, 0.4) is 0 Å². The van der Waals surface area contributed by atoms with Gasteiger partial charge in [-0.25, -0.2) is 0 Å². The third-order valence-electron chi connectivity index (χ3n) is 10.7. The summed E-state index contributed by atoms with van der Waals surface area (Å²) in [4.78, 5) is 13.9. The molecular weight excluding hydrogens is 536 g/mol. The molecule has 3 aromatic heterocycles. The number of para-hydroxylation sites is 2. The molecule has 5 aromatic carbocycles. The van der Waals surface area contributed by atoms with Gasteiger partial charge in [0.05, 0.1) is 22.2 Å². The Bertz CT molecular complexity index is 2650. The van der Waals surface area contributed by atoms with Gasteiger partial charge >= 0.3 is 0 Å². The molecule has 0 saturated carbocycles. The summed E-state index contributed by atoms with van der Waals surface area (Å²) in [6.07, 6.45) is 1.05. The molecule has 10 rings (SSSR count). The summed E-state index contributed by atoms with van der Waals surface area (Å²) < 4.78 is 4.49. The van der Waals surface area contributed by atoms with E-state index in [9.17, 15) is 4.79 Å². The molecule has 0 amide bonds. The Morgan fingerprint density at radius 3 is 2.09 bits per heavy atom. The monoisotopic (exact) mass is 566 g/mol. The molecule has 2 aliphatic carbocycles. The number of aromatic nitrogens is 2. The third kappa shape index (κ3) is 2.77. The lowest BCUT2D eigenvalue weighted by Gasteiger charge is -2.31. The van der Waals surface area contributed by atoms with Crippen molar-refractivity contribution in [1.82, 2.24) is 8.97 Å². The standard InChI is InChI=1S/C41H30N2O/c1-23-20-30-26-13-6-9-17-33(26)41(2,3)37(30)39-36(23)29-16-8-11-19-35(29)42(39)24-21-31-25-12-4-5-15-28(25)40(44)43-34-18-10-7-14-27(34)32(22-24)38(31)43/h4-19,21-23H,20H2,1-3H3. The van der Waals surface area contributed by atoms with E-state index >= 15 is 0 Å². The molecule has 8 aromatic rings. The normalized spacial score (nSPS) is 17.3. The first-order valence-electron chi connectivity index (χ1n) is 15.6. The highest BCUT2D eigenvalue weighted by Gasteiger charge is 2.44. The molecule has 0 N–H and O–H groups in total. The van der Waals surface area contributed by atoms with E-state index in [0.717, 1.165) is 50.1 Å². The highest BCUT2D eigenvalue weighted by molar-refractivity contribution is 6.21. The Balaban J connectivity index is 1.42. The van der Waals surface area contributed by atoms with Crippen LogP contribution in [0.5, 0.6) is 0 Å². The van der Waals surface area contributed by atoms with Gasteiger partial charge in [-0.2, -0.15) is 0 Å². The van der Waals surface area contributed by atoms with Crippen LogP contribution in [0.25, 0.3) is 65.7 Å². The first kappa shape index (κ1) is 24.3. The Morgan fingerprint density at radius 2 is 1.30 bits per heavy atom. The first-order valence-corrected chi connectivity index (χ1v) is 15.6. The van der Waals surface area contributed by atoms with Crippen LogP contribution in [0, 0.1) is 0 Å². The van der Waals surface area contributed by atoms with Crippen molar-refractivity contribution in [2.75, 3.05) is 0 Å². The van der Waals surface area contributed by atoms with Crippen LogP contribution in [-0.2, 0) is 5.41 Å². The lowest BCUT2D eigenvalue weighted by atomic mass is 9.74. The molecule has 210 valence electrons. The van der Waals surface area contributed by atoms with Gasteiger partial charge in [-0.15, -0.1) is 0 Å². The molecule has 44 heavy (non-hydrogen) atoms. The minimum atomic E-state index is -0.125.